The largest absolute Gasteiger partial charge is 0.298 e. The van der Waals surface area contributed by atoms with Crippen molar-refractivity contribution < 1.29 is 0 Å². The van der Waals surface area contributed by atoms with Crippen LogP contribution in [0.25, 0.3) is 0 Å². The van der Waals surface area contributed by atoms with Crippen LogP contribution in [0.15, 0.2) is 33.5 Å². The maximum absolute atomic E-state index is 12.0. The van der Waals surface area contributed by atoms with E-state index in [0.29, 0.717) is 16.0 Å². The zero-order chi connectivity index (χ0) is 13.1. The number of nitrogens with zero attached hydrogens (tertiary/aromatic N) is 1. The lowest BCUT2D eigenvalue weighted by atomic mass is 10.2. The molecule has 0 unspecified atom stereocenters. The van der Waals surface area contributed by atoms with Gasteiger partial charge in [0.25, 0.3) is 5.56 Å². The molecule has 1 aromatic carbocycles. The van der Waals surface area contributed by atoms with Crippen LogP contribution in [0, 0.1) is 0 Å². The second-order valence-electron chi connectivity index (χ2n) is 4.14. The number of hydrogen-bond donors (Lipinski definition) is 1. The number of hydrogen-bond acceptors (Lipinski definition) is 1. The van der Waals surface area contributed by atoms with Crippen molar-refractivity contribution >= 4 is 27.5 Å². The van der Waals surface area contributed by atoms with E-state index in [9.17, 15) is 4.79 Å². The van der Waals surface area contributed by atoms with Crippen molar-refractivity contribution in [3.8, 4) is 0 Å². The quantitative estimate of drug-likeness (QED) is 0.914. The third kappa shape index (κ3) is 2.70. The van der Waals surface area contributed by atoms with Crippen LogP contribution in [0.1, 0.15) is 24.6 Å². The molecule has 1 N–H and O–H groups in total. The summed E-state index contributed by atoms with van der Waals surface area (Å²) in [6.07, 6.45) is 1.84. The SMILES string of the molecule is CCCc1[nH]n(Cc2ccccc2Cl)c(=O)c1Br. The predicted molar refractivity (Wildman–Crippen MR) is 77.3 cm³/mol. The summed E-state index contributed by atoms with van der Waals surface area (Å²) >= 11 is 9.43. The summed E-state index contributed by atoms with van der Waals surface area (Å²) < 4.78 is 2.20. The molecular formula is C13H14BrClN2O. The number of halogens is 2. The van der Waals surface area contributed by atoms with Crippen LogP contribution in [0.2, 0.25) is 5.02 Å². The molecule has 2 aromatic rings. The van der Waals surface area contributed by atoms with Crippen LogP contribution in [0.3, 0.4) is 0 Å². The number of benzene rings is 1. The van der Waals surface area contributed by atoms with Gasteiger partial charge in [-0.15, -0.1) is 0 Å². The van der Waals surface area contributed by atoms with Gasteiger partial charge in [-0.2, -0.15) is 0 Å². The van der Waals surface area contributed by atoms with Gasteiger partial charge in [-0.05, 0) is 34.0 Å². The molecule has 0 saturated heterocycles. The fourth-order valence-corrected chi connectivity index (χ4v) is 2.53. The topological polar surface area (TPSA) is 37.8 Å². The molecule has 0 bridgehead atoms. The zero-order valence-electron chi connectivity index (χ0n) is 10.0. The molecule has 0 aliphatic heterocycles. The Balaban J connectivity index is 2.33. The molecule has 2 rings (SSSR count). The van der Waals surface area contributed by atoms with Crippen LogP contribution >= 0.6 is 27.5 Å². The van der Waals surface area contributed by atoms with Crippen LogP contribution in [0.4, 0.5) is 0 Å². The molecule has 3 nitrogen and oxygen atoms in total. The van der Waals surface area contributed by atoms with E-state index in [0.717, 1.165) is 24.1 Å². The second-order valence-corrected chi connectivity index (χ2v) is 5.34. The third-order valence-corrected chi connectivity index (χ3v) is 3.94. The maximum atomic E-state index is 12.0. The lowest BCUT2D eigenvalue weighted by Gasteiger charge is -2.04. The summed E-state index contributed by atoms with van der Waals surface area (Å²) in [5.74, 6) is 0. The number of rotatable bonds is 4. The van der Waals surface area contributed by atoms with Crippen molar-refractivity contribution in [2.45, 2.75) is 26.3 Å². The Morgan fingerprint density at radius 1 is 1.39 bits per heavy atom. The Bertz CT molecular complexity index is 603. The van der Waals surface area contributed by atoms with Gasteiger partial charge in [0.2, 0.25) is 0 Å². The molecule has 0 aliphatic carbocycles. The molecule has 1 heterocycles. The first-order valence-corrected chi connectivity index (χ1v) is 7.01. The highest BCUT2D eigenvalue weighted by molar-refractivity contribution is 9.10. The molecule has 5 heteroatoms. The van der Waals surface area contributed by atoms with E-state index in [1.165, 1.54) is 0 Å². The van der Waals surface area contributed by atoms with Crippen molar-refractivity contribution in [2.24, 2.45) is 0 Å². The molecule has 0 fully saturated rings. The van der Waals surface area contributed by atoms with E-state index < -0.39 is 0 Å². The number of H-pyrrole nitrogens is 1. The van der Waals surface area contributed by atoms with Gasteiger partial charge in [0, 0.05) is 5.02 Å². The van der Waals surface area contributed by atoms with Gasteiger partial charge in [-0.25, -0.2) is 4.68 Å². The average molecular weight is 330 g/mol. The zero-order valence-corrected chi connectivity index (χ0v) is 12.4. The van der Waals surface area contributed by atoms with Gasteiger partial charge in [0.05, 0.1) is 12.2 Å². The molecule has 18 heavy (non-hydrogen) atoms. The molecule has 96 valence electrons. The Kier molecular flexibility index (Phi) is 4.30. The van der Waals surface area contributed by atoms with Gasteiger partial charge in [0.1, 0.15) is 4.47 Å². The van der Waals surface area contributed by atoms with E-state index >= 15 is 0 Å². The number of aryl methyl sites for hydroxylation is 1. The van der Waals surface area contributed by atoms with E-state index in [1.54, 1.807) is 4.68 Å². The average Bonchev–Trinajstić information content (AvgIpc) is 2.61. The smallest absolute Gasteiger partial charge is 0.281 e. The molecule has 0 spiro atoms. The van der Waals surface area contributed by atoms with Crippen molar-refractivity contribution in [1.82, 2.24) is 9.78 Å². The van der Waals surface area contributed by atoms with Gasteiger partial charge >= 0.3 is 0 Å². The van der Waals surface area contributed by atoms with E-state index in [4.69, 9.17) is 11.6 Å². The summed E-state index contributed by atoms with van der Waals surface area (Å²) in [5.41, 5.74) is 1.82. The van der Waals surface area contributed by atoms with Crippen LogP contribution in [-0.2, 0) is 13.0 Å². The highest BCUT2D eigenvalue weighted by Crippen LogP contribution is 2.17. The van der Waals surface area contributed by atoms with Crippen molar-refractivity contribution in [3.05, 3.63) is 55.4 Å². The van der Waals surface area contributed by atoms with Gasteiger partial charge < -0.3 is 0 Å². The highest BCUT2D eigenvalue weighted by atomic mass is 79.9. The molecule has 0 aliphatic rings. The van der Waals surface area contributed by atoms with Gasteiger partial charge in [0.15, 0.2) is 0 Å². The van der Waals surface area contributed by atoms with E-state index in [1.807, 2.05) is 24.3 Å². The monoisotopic (exact) mass is 328 g/mol. The summed E-state index contributed by atoms with van der Waals surface area (Å²) in [6.45, 7) is 2.54. The Morgan fingerprint density at radius 2 is 2.11 bits per heavy atom. The molecule has 0 amide bonds. The minimum Gasteiger partial charge on any atom is -0.298 e. The van der Waals surface area contributed by atoms with Crippen molar-refractivity contribution in [2.75, 3.05) is 0 Å². The van der Waals surface area contributed by atoms with Crippen molar-refractivity contribution in [3.63, 3.8) is 0 Å². The lowest BCUT2D eigenvalue weighted by molar-refractivity contribution is 0.648. The van der Waals surface area contributed by atoms with Gasteiger partial charge in [-0.1, -0.05) is 43.1 Å². The molecule has 0 saturated carbocycles. The Morgan fingerprint density at radius 3 is 2.78 bits per heavy atom. The minimum atomic E-state index is -0.0432. The molecular weight excluding hydrogens is 316 g/mol. The first-order valence-electron chi connectivity index (χ1n) is 5.84. The first-order chi connectivity index (χ1) is 8.63. The normalized spacial score (nSPS) is 10.8. The summed E-state index contributed by atoms with van der Waals surface area (Å²) in [4.78, 5) is 12.0. The number of aromatic nitrogens is 2. The fourth-order valence-electron chi connectivity index (χ4n) is 1.83. The number of nitrogens with one attached hydrogen (secondary N) is 1. The van der Waals surface area contributed by atoms with Crippen molar-refractivity contribution in [1.29, 1.82) is 0 Å². The number of aromatic amines is 1. The second kappa shape index (κ2) is 5.76. The summed E-state index contributed by atoms with van der Waals surface area (Å²) in [6, 6.07) is 7.54. The molecule has 1 aromatic heterocycles. The summed E-state index contributed by atoms with van der Waals surface area (Å²) in [7, 11) is 0. The fraction of sp³-hybridized carbons (Fsp3) is 0.308. The standard InChI is InChI=1S/C13H14BrClN2O/c1-2-5-11-12(14)13(18)17(16-11)8-9-6-3-4-7-10(9)15/h3-4,6-7,16H,2,5,8H2,1H3. The maximum Gasteiger partial charge on any atom is 0.281 e. The first kappa shape index (κ1) is 13.4. The van der Waals surface area contributed by atoms with Crippen LogP contribution in [-0.4, -0.2) is 9.78 Å². The Labute approximate surface area is 119 Å². The molecule has 0 radical (unpaired) electrons. The van der Waals surface area contributed by atoms with E-state index in [2.05, 4.69) is 28.0 Å². The minimum absolute atomic E-state index is 0.0432. The third-order valence-electron chi connectivity index (χ3n) is 2.75. The Hall–Kier alpha value is -1.00. The highest BCUT2D eigenvalue weighted by Gasteiger charge is 2.11. The summed E-state index contributed by atoms with van der Waals surface area (Å²) in [5, 5.41) is 3.80. The van der Waals surface area contributed by atoms with Crippen LogP contribution < -0.4 is 5.56 Å². The van der Waals surface area contributed by atoms with Gasteiger partial charge in [-0.3, -0.25) is 9.89 Å². The van der Waals surface area contributed by atoms with E-state index in [-0.39, 0.29) is 5.56 Å². The molecule has 0 atom stereocenters. The van der Waals surface area contributed by atoms with Crippen LogP contribution in [0.5, 0.6) is 0 Å². The predicted octanol–water partition coefficient (Wildman–Crippen LogP) is 3.59. The lowest BCUT2D eigenvalue weighted by Crippen LogP contribution is -2.17.